The third-order valence-corrected chi connectivity index (χ3v) is 7.61. The van der Waals surface area contributed by atoms with Crippen LogP contribution in [-0.2, 0) is 4.79 Å². The molecule has 12 heteroatoms. The summed E-state index contributed by atoms with van der Waals surface area (Å²) in [6.45, 7) is 8.00. The van der Waals surface area contributed by atoms with E-state index in [9.17, 15) is 18.0 Å². The summed E-state index contributed by atoms with van der Waals surface area (Å²) < 4.78 is 41.1. The van der Waals surface area contributed by atoms with Gasteiger partial charge in [-0.1, -0.05) is 42.6 Å². The first-order valence-electron chi connectivity index (χ1n) is 12.9. The van der Waals surface area contributed by atoms with Crippen LogP contribution in [0.15, 0.2) is 98.0 Å². The molecule has 8 nitrogen and oxygen atoms in total. The largest absolute Gasteiger partial charge is 0.573 e. The van der Waals surface area contributed by atoms with Crippen LogP contribution >= 0.6 is 11.8 Å². The van der Waals surface area contributed by atoms with Crippen molar-refractivity contribution in [1.82, 2.24) is 0 Å². The molecule has 1 fully saturated rings. The molecule has 0 radical (unpaired) electrons. The number of fused-ring (bicyclic) bond motifs is 1. The quantitative estimate of drug-likeness (QED) is 0.288. The number of carbonyl (C=O) groups excluding carboxylic acids is 1. The van der Waals surface area contributed by atoms with Gasteiger partial charge in [-0.25, -0.2) is 15.0 Å². The van der Waals surface area contributed by atoms with Crippen LogP contribution in [0.25, 0.3) is 0 Å². The molecule has 0 N–H and O–H groups in total. The Balaban J connectivity index is 1.24. The number of alkyl halides is 3. The van der Waals surface area contributed by atoms with E-state index in [-0.39, 0.29) is 17.7 Å². The first-order chi connectivity index (χ1) is 20.0. The van der Waals surface area contributed by atoms with Crippen molar-refractivity contribution in [3.63, 3.8) is 0 Å². The van der Waals surface area contributed by atoms with E-state index in [1.807, 2.05) is 44.2 Å². The Bertz CT molecular complexity index is 1590. The maximum Gasteiger partial charge on any atom is 0.573 e. The van der Waals surface area contributed by atoms with Crippen molar-refractivity contribution in [3.05, 3.63) is 89.2 Å². The Labute approximate surface area is 245 Å². The number of aliphatic imine (C=N–C) groups is 4. The molecule has 3 aliphatic rings. The third-order valence-electron chi connectivity index (χ3n) is 6.69. The lowest BCUT2D eigenvalue weighted by molar-refractivity contribution is -0.274. The van der Waals surface area contributed by atoms with Crippen LogP contribution in [-0.4, -0.2) is 54.8 Å². The second-order valence-electron chi connectivity index (χ2n) is 9.74. The monoisotopic (exact) mass is 592 g/mol. The third kappa shape index (κ3) is 6.54. The number of para-hydroxylation sites is 1. The number of thioether (sulfide) groups is 1. The van der Waals surface area contributed by atoms with Gasteiger partial charge in [0.05, 0.1) is 29.5 Å². The summed E-state index contributed by atoms with van der Waals surface area (Å²) in [6.07, 6.45) is 3.03. The van der Waals surface area contributed by atoms with E-state index in [1.54, 1.807) is 23.1 Å². The predicted octanol–water partition coefficient (Wildman–Crippen LogP) is 6.38. The standard InChI is InChI=1S/C30H27F3N6O2S/c1-18-6-5-7-19(2)27(18)39-26(40)16-42-29(39)37-28-34-15-22-14-21(8-13-25(22)36-28)20(3)35-17-38(4)23-9-11-24(12-10-23)41-30(31,32)33/h5-12,14-15,17,25H,3,13,16H2,1-2,4H3/b35-17-,37-29-. The van der Waals surface area contributed by atoms with E-state index < -0.39 is 6.36 Å². The van der Waals surface area contributed by atoms with E-state index >= 15 is 0 Å². The number of carbonyl (C=O) groups is 1. The zero-order valence-electron chi connectivity index (χ0n) is 23.1. The lowest BCUT2D eigenvalue weighted by atomic mass is 9.94. The highest BCUT2D eigenvalue weighted by molar-refractivity contribution is 8.15. The molecule has 5 rings (SSSR count). The number of allylic oxidation sites excluding steroid dienone is 1. The number of hydrogen-bond acceptors (Lipinski definition) is 7. The van der Waals surface area contributed by atoms with E-state index in [0.29, 0.717) is 34.7 Å². The molecule has 2 aromatic rings. The molecule has 2 aliphatic heterocycles. The van der Waals surface area contributed by atoms with Crippen molar-refractivity contribution in [2.45, 2.75) is 32.7 Å². The number of benzene rings is 2. The number of amidine groups is 1. The zero-order chi connectivity index (χ0) is 30.0. The van der Waals surface area contributed by atoms with Gasteiger partial charge in [-0.05, 0) is 72.9 Å². The van der Waals surface area contributed by atoms with Gasteiger partial charge in [0, 0.05) is 18.9 Å². The summed E-state index contributed by atoms with van der Waals surface area (Å²) in [6, 6.07) is 11.2. The fraction of sp³-hybridized carbons (Fsp3) is 0.233. The minimum absolute atomic E-state index is 0.0282. The highest BCUT2D eigenvalue weighted by Crippen LogP contribution is 2.33. The van der Waals surface area contributed by atoms with E-state index in [4.69, 9.17) is 4.99 Å². The van der Waals surface area contributed by atoms with Crippen molar-refractivity contribution < 1.29 is 22.7 Å². The molecular formula is C30H27F3N6O2S. The van der Waals surface area contributed by atoms with Gasteiger partial charge in [0.1, 0.15) is 5.75 Å². The fourth-order valence-corrected chi connectivity index (χ4v) is 5.46. The molecule has 216 valence electrons. The van der Waals surface area contributed by atoms with Crippen LogP contribution in [0.4, 0.5) is 24.5 Å². The summed E-state index contributed by atoms with van der Waals surface area (Å²) in [7, 11) is 1.73. The summed E-state index contributed by atoms with van der Waals surface area (Å²) in [5.74, 6) is 0.294. The molecule has 1 unspecified atom stereocenters. The van der Waals surface area contributed by atoms with Crippen LogP contribution in [0.5, 0.6) is 5.75 Å². The maximum atomic E-state index is 12.8. The van der Waals surface area contributed by atoms with Gasteiger partial charge in [-0.15, -0.1) is 13.2 Å². The molecule has 1 aliphatic carbocycles. The average Bonchev–Trinajstić information content (AvgIpc) is 3.29. The Morgan fingerprint density at radius 3 is 2.60 bits per heavy atom. The second-order valence-corrected chi connectivity index (χ2v) is 10.7. The van der Waals surface area contributed by atoms with Crippen LogP contribution in [0.1, 0.15) is 17.5 Å². The van der Waals surface area contributed by atoms with Crippen LogP contribution < -0.4 is 14.5 Å². The van der Waals surface area contributed by atoms with Crippen molar-refractivity contribution in [3.8, 4) is 5.75 Å². The van der Waals surface area contributed by atoms with E-state index in [0.717, 1.165) is 28.0 Å². The van der Waals surface area contributed by atoms with Gasteiger partial charge in [-0.2, -0.15) is 4.99 Å². The molecular weight excluding hydrogens is 565 g/mol. The van der Waals surface area contributed by atoms with Gasteiger partial charge < -0.3 is 9.64 Å². The molecule has 1 atom stereocenters. The first-order valence-corrected chi connectivity index (χ1v) is 13.9. The van der Waals surface area contributed by atoms with Gasteiger partial charge in [0.25, 0.3) is 0 Å². The fourth-order valence-electron chi connectivity index (χ4n) is 4.61. The smallest absolute Gasteiger partial charge is 0.406 e. The van der Waals surface area contributed by atoms with E-state index in [2.05, 4.69) is 26.3 Å². The van der Waals surface area contributed by atoms with Crippen LogP contribution in [0, 0.1) is 13.8 Å². The molecule has 0 spiro atoms. The molecule has 0 aromatic heterocycles. The normalized spacial score (nSPS) is 19.5. The Kier molecular flexibility index (Phi) is 8.17. The van der Waals surface area contributed by atoms with Crippen LogP contribution in [0.3, 0.4) is 0 Å². The number of amides is 1. The minimum atomic E-state index is -4.74. The number of aryl methyl sites for hydroxylation is 2. The maximum absolute atomic E-state index is 12.8. The highest BCUT2D eigenvalue weighted by atomic mass is 32.2. The molecule has 0 saturated carbocycles. The van der Waals surface area contributed by atoms with E-state index in [1.165, 1.54) is 42.4 Å². The average molecular weight is 593 g/mol. The van der Waals surface area contributed by atoms with Crippen molar-refractivity contribution in [1.29, 1.82) is 0 Å². The first kappa shape index (κ1) is 29.1. The Hall–Kier alpha value is -4.45. The van der Waals surface area contributed by atoms with Crippen molar-refractivity contribution >= 4 is 52.7 Å². The molecule has 2 heterocycles. The molecule has 42 heavy (non-hydrogen) atoms. The molecule has 1 saturated heterocycles. The number of ether oxygens (including phenoxy) is 1. The van der Waals surface area contributed by atoms with Gasteiger partial charge >= 0.3 is 6.36 Å². The SMILES string of the molecule is C=C(/N=C\N(C)c1ccc(OC(F)(F)F)cc1)C1=CCC2N=C(/N=C3\SCC(=O)N3c3c(C)cccc3C)N=CC2=C1. The highest BCUT2D eigenvalue weighted by Gasteiger charge is 2.33. The summed E-state index contributed by atoms with van der Waals surface area (Å²) in [5.41, 5.74) is 5.67. The lowest BCUT2D eigenvalue weighted by Gasteiger charge is -2.22. The van der Waals surface area contributed by atoms with Crippen molar-refractivity contribution in [2.24, 2.45) is 20.0 Å². The second kappa shape index (κ2) is 11.8. The van der Waals surface area contributed by atoms with Gasteiger partial charge in [-0.3, -0.25) is 9.69 Å². The molecule has 2 aromatic carbocycles. The number of nitrogens with zero attached hydrogens (tertiary/aromatic N) is 6. The van der Waals surface area contributed by atoms with Crippen LogP contribution in [0.2, 0.25) is 0 Å². The Morgan fingerprint density at radius 2 is 1.90 bits per heavy atom. The summed E-state index contributed by atoms with van der Waals surface area (Å²) in [4.78, 5) is 34.3. The summed E-state index contributed by atoms with van der Waals surface area (Å²) >= 11 is 1.37. The lowest BCUT2D eigenvalue weighted by Crippen LogP contribution is -2.31. The number of guanidine groups is 1. The van der Waals surface area contributed by atoms with Gasteiger partial charge in [0.15, 0.2) is 5.17 Å². The number of halogens is 3. The van der Waals surface area contributed by atoms with Gasteiger partial charge in [0.2, 0.25) is 11.9 Å². The summed E-state index contributed by atoms with van der Waals surface area (Å²) in [5, 5.41) is 0.558. The Morgan fingerprint density at radius 1 is 1.19 bits per heavy atom. The topological polar surface area (TPSA) is 82.2 Å². The predicted molar refractivity (Wildman–Crippen MR) is 163 cm³/mol. The number of hydrogen-bond donors (Lipinski definition) is 0. The zero-order valence-corrected chi connectivity index (χ0v) is 23.9. The van der Waals surface area contributed by atoms with Crippen molar-refractivity contribution in [2.75, 3.05) is 22.6 Å². The minimum Gasteiger partial charge on any atom is -0.406 e. The number of rotatable bonds is 6. The molecule has 0 bridgehead atoms. The number of anilines is 2. The molecule has 1 amide bonds.